The van der Waals surface area contributed by atoms with E-state index in [-0.39, 0.29) is 11.6 Å². The lowest BCUT2D eigenvalue weighted by atomic mass is 10.2. The van der Waals surface area contributed by atoms with Crippen molar-refractivity contribution in [2.45, 2.75) is 0 Å². The average Bonchev–Trinajstić information content (AvgIpc) is 2.88. The molecular weight excluding hydrogens is 403 g/mol. The third kappa shape index (κ3) is 3.58. The van der Waals surface area contributed by atoms with Crippen molar-refractivity contribution < 1.29 is 9.52 Å². The highest BCUT2D eigenvalue weighted by atomic mass is 79.9. The highest BCUT2D eigenvalue weighted by molar-refractivity contribution is 9.10. The standard InChI is InChI=1S/C16H9BrCl2N2O2/c17-11-4-2-1-3-10(11)15-21-14(16(22)23-15)8-20-13-6-5-9(18)7-12(13)19/h1-8,22H. The van der Waals surface area contributed by atoms with Gasteiger partial charge < -0.3 is 9.52 Å². The quantitative estimate of drug-likeness (QED) is 0.548. The fraction of sp³-hybridized carbons (Fsp3) is 0. The first-order chi connectivity index (χ1) is 11.0. The molecule has 0 spiro atoms. The van der Waals surface area contributed by atoms with Gasteiger partial charge in [0, 0.05) is 9.50 Å². The minimum atomic E-state index is -0.315. The van der Waals surface area contributed by atoms with Crippen LogP contribution in [0, 0.1) is 0 Å². The van der Waals surface area contributed by atoms with Gasteiger partial charge in [0.2, 0.25) is 5.89 Å². The minimum absolute atomic E-state index is 0.210. The van der Waals surface area contributed by atoms with E-state index < -0.39 is 0 Å². The van der Waals surface area contributed by atoms with Crippen LogP contribution in [0.2, 0.25) is 10.0 Å². The molecule has 0 fully saturated rings. The maximum Gasteiger partial charge on any atom is 0.312 e. The second kappa shape index (κ2) is 6.74. The fourth-order valence-corrected chi connectivity index (χ4v) is 2.79. The molecule has 0 saturated heterocycles. The smallest absolute Gasteiger partial charge is 0.312 e. The van der Waals surface area contributed by atoms with Crippen molar-refractivity contribution in [3.63, 3.8) is 0 Å². The Morgan fingerprint density at radius 1 is 1.17 bits per heavy atom. The van der Waals surface area contributed by atoms with E-state index in [2.05, 4.69) is 25.9 Å². The molecule has 0 aliphatic heterocycles. The van der Waals surface area contributed by atoms with Crippen LogP contribution < -0.4 is 0 Å². The molecule has 7 heteroatoms. The fourth-order valence-electron chi connectivity index (χ4n) is 1.87. The van der Waals surface area contributed by atoms with Crippen molar-refractivity contribution in [3.8, 4) is 17.4 Å². The molecule has 116 valence electrons. The highest BCUT2D eigenvalue weighted by Crippen LogP contribution is 2.32. The van der Waals surface area contributed by atoms with Crippen LogP contribution in [0.3, 0.4) is 0 Å². The Morgan fingerprint density at radius 2 is 1.96 bits per heavy atom. The van der Waals surface area contributed by atoms with E-state index in [0.29, 0.717) is 21.6 Å². The molecule has 0 radical (unpaired) electrons. The van der Waals surface area contributed by atoms with Crippen molar-refractivity contribution >= 4 is 51.0 Å². The Hall–Kier alpha value is -1.82. The summed E-state index contributed by atoms with van der Waals surface area (Å²) in [6, 6.07) is 12.3. The Balaban J connectivity index is 1.93. The van der Waals surface area contributed by atoms with Crippen LogP contribution in [0.25, 0.3) is 11.5 Å². The summed E-state index contributed by atoms with van der Waals surface area (Å²) in [5, 5.41) is 10.8. The topological polar surface area (TPSA) is 58.6 Å². The Kier molecular flexibility index (Phi) is 4.71. The molecule has 0 bridgehead atoms. The predicted octanol–water partition coefficient (Wildman–Crippen LogP) is 5.87. The van der Waals surface area contributed by atoms with Crippen LogP contribution in [-0.2, 0) is 0 Å². The molecule has 2 aromatic carbocycles. The zero-order valence-corrected chi connectivity index (χ0v) is 14.6. The van der Waals surface area contributed by atoms with Gasteiger partial charge in [-0.2, -0.15) is 0 Å². The van der Waals surface area contributed by atoms with Gasteiger partial charge in [0.1, 0.15) is 0 Å². The van der Waals surface area contributed by atoms with Crippen LogP contribution in [0.4, 0.5) is 5.69 Å². The molecule has 0 aliphatic rings. The van der Waals surface area contributed by atoms with Crippen molar-refractivity contribution in [3.05, 3.63) is 62.7 Å². The summed E-state index contributed by atoms with van der Waals surface area (Å²) in [5.41, 5.74) is 1.45. The molecule has 0 atom stereocenters. The molecule has 4 nitrogen and oxygen atoms in total. The van der Waals surface area contributed by atoms with E-state index >= 15 is 0 Å². The van der Waals surface area contributed by atoms with Crippen molar-refractivity contribution in [2.24, 2.45) is 4.99 Å². The monoisotopic (exact) mass is 410 g/mol. The second-order valence-corrected chi connectivity index (χ2v) is 6.24. The molecule has 0 aliphatic carbocycles. The van der Waals surface area contributed by atoms with Gasteiger partial charge in [0.05, 0.1) is 22.5 Å². The van der Waals surface area contributed by atoms with E-state index in [0.717, 1.165) is 10.0 Å². The molecule has 3 rings (SSSR count). The van der Waals surface area contributed by atoms with Crippen LogP contribution >= 0.6 is 39.1 Å². The first kappa shape index (κ1) is 16.1. The lowest BCUT2D eigenvalue weighted by molar-refractivity contribution is 0.337. The molecule has 3 aromatic rings. The van der Waals surface area contributed by atoms with Crippen molar-refractivity contribution in [1.82, 2.24) is 4.98 Å². The van der Waals surface area contributed by atoms with Gasteiger partial charge in [-0.1, -0.05) is 35.3 Å². The lowest BCUT2D eigenvalue weighted by Crippen LogP contribution is -1.83. The molecule has 1 heterocycles. The van der Waals surface area contributed by atoms with Crippen LogP contribution in [0.5, 0.6) is 5.95 Å². The lowest BCUT2D eigenvalue weighted by Gasteiger charge is -1.97. The molecule has 0 amide bonds. The first-order valence-corrected chi connectivity index (χ1v) is 8.03. The van der Waals surface area contributed by atoms with E-state index in [1.165, 1.54) is 6.21 Å². The number of aromatic hydroxyl groups is 1. The summed E-state index contributed by atoms with van der Waals surface area (Å²) >= 11 is 15.3. The molecule has 1 N–H and O–H groups in total. The van der Waals surface area contributed by atoms with Gasteiger partial charge in [-0.05, 0) is 46.3 Å². The summed E-state index contributed by atoms with van der Waals surface area (Å²) in [7, 11) is 0. The highest BCUT2D eigenvalue weighted by Gasteiger charge is 2.14. The third-order valence-corrected chi connectivity index (χ3v) is 4.20. The molecule has 0 unspecified atom stereocenters. The van der Waals surface area contributed by atoms with Crippen molar-refractivity contribution in [2.75, 3.05) is 0 Å². The van der Waals surface area contributed by atoms with Crippen molar-refractivity contribution in [1.29, 1.82) is 0 Å². The zero-order chi connectivity index (χ0) is 16.4. The molecule has 1 aromatic heterocycles. The molecular formula is C16H9BrCl2N2O2. The van der Waals surface area contributed by atoms with Crippen LogP contribution in [0.1, 0.15) is 5.69 Å². The summed E-state index contributed by atoms with van der Waals surface area (Å²) < 4.78 is 6.10. The maximum atomic E-state index is 9.89. The van der Waals surface area contributed by atoms with Gasteiger partial charge in [-0.15, -0.1) is 0 Å². The number of nitrogens with zero attached hydrogens (tertiary/aromatic N) is 2. The molecule has 23 heavy (non-hydrogen) atoms. The van der Waals surface area contributed by atoms with Crippen LogP contribution in [0.15, 0.2) is 56.3 Å². The summed E-state index contributed by atoms with van der Waals surface area (Å²) in [5.74, 6) is -0.0248. The van der Waals surface area contributed by atoms with E-state index in [1.807, 2.05) is 24.3 Å². The first-order valence-electron chi connectivity index (χ1n) is 6.48. The summed E-state index contributed by atoms with van der Waals surface area (Å²) in [6.45, 7) is 0. The number of hydrogen-bond acceptors (Lipinski definition) is 4. The number of rotatable bonds is 3. The van der Waals surface area contributed by atoms with Crippen LogP contribution in [-0.4, -0.2) is 16.3 Å². The number of aromatic nitrogens is 1. The number of benzene rings is 2. The van der Waals surface area contributed by atoms with Gasteiger partial charge in [0.15, 0.2) is 5.69 Å². The summed E-state index contributed by atoms with van der Waals surface area (Å²) in [6.07, 6.45) is 1.38. The predicted molar refractivity (Wildman–Crippen MR) is 95.0 cm³/mol. The second-order valence-electron chi connectivity index (χ2n) is 4.54. The zero-order valence-electron chi connectivity index (χ0n) is 11.5. The van der Waals surface area contributed by atoms with Gasteiger partial charge in [0.25, 0.3) is 0 Å². The third-order valence-electron chi connectivity index (χ3n) is 2.97. The maximum absolute atomic E-state index is 9.89. The SMILES string of the molecule is Oc1oc(-c2ccccc2Br)nc1C=Nc1ccc(Cl)cc1Cl. The largest absolute Gasteiger partial charge is 0.479 e. The number of halogens is 3. The van der Waals surface area contributed by atoms with E-state index in [1.54, 1.807) is 18.2 Å². The van der Waals surface area contributed by atoms with Gasteiger partial charge in [-0.3, -0.25) is 4.99 Å². The number of hydrogen-bond donors (Lipinski definition) is 1. The van der Waals surface area contributed by atoms with Gasteiger partial charge >= 0.3 is 5.95 Å². The van der Waals surface area contributed by atoms with E-state index in [9.17, 15) is 5.11 Å². The Bertz CT molecular complexity index is 894. The van der Waals surface area contributed by atoms with E-state index in [4.69, 9.17) is 27.6 Å². The molecule has 0 saturated carbocycles. The Morgan fingerprint density at radius 3 is 2.70 bits per heavy atom. The summed E-state index contributed by atoms with van der Waals surface area (Å²) in [4.78, 5) is 8.44. The normalized spacial score (nSPS) is 11.3. The minimum Gasteiger partial charge on any atom is -0.479 e. The average molecular weight is 412 g/mol. The van der Waals surface area contributed by atoms with Gasteiger partial charge in [-0.25, -0.2) is 4.98 Å². The Labute approximate surface area is 150 Å². The number of aliphatic imine (C=N–C) groups is 1. The number of oxazole rings is 1.